The molecule has 1 fully saturated rings. The Kier molecular flexibility index (Phi) is 6.20. The molecule has 14 heavy (non-hydrogen) atoms. The smallest absolute Gasteiger partial charge is 0.0600 e. The first-order valence-corrected chi connectivity index (χ1v) is 6.13. The minimum absolute atomic E-state index is 0.270. The third-order valence-electron chi connectivity index (χ3n) is 3.02. The molecular weight excluding hydrogens is 176 g/mol. The lowest BCUT2D eigenvalue weighted by Gasteiger charge is -2.29. The third-order valence-corrected chi connectivity index (χ3v) is 3.02. The summed E-state index contributed by atoms with van der Waals surface area (Å²) in [6.45, 7) is 2.50. The highest BCUT2D eigenvalue weighted by Gasteiger charge is 2.21. The SMILES string of the molecule is CCCCC[C@@H]1CCC[C@@H](CCO)O1. The summed E-state index contributed by atoms with van der Waals surface area (Å²) in [4.78, 5) is 0. The molecule has 1 aliphatic rings. The quantitative estimate of drug-likeness (QED) is 0.668. The molecule has 2 heteroatoms. The highest BCUT2D eigenvalue weighted by Crippen LogP contribution is 2.24. The standard InChI is InChI=1S/C12H24O2/c1-2-3-4-6-11-7-5-8-12(14-11)9-10-13/h11-13H,2-10H2,1H3/t11-,12+/m1/s1. The molecule has 1 N–H and O–H groups in total. The van der Waals surface area contributed by atoms with E-state index in [2.05, 4.69) is 6.92 Å². The Morgan fingerprint density at radius 2 is 1.86 bits per heavy atom. The van der Waals surface area contributed by atoms with Crippen molar-refractivity contribution in [1.29, 1.82) is 0 Å². The molecule has 84 valence electrons. The van der Waals surface area contributed by atoms with Crippen LogP contribution in [0.4, 0.5) is 0 Å². The summed E-state index contributed by atoms with van der Waals surface area (Å²) < 4.78 is 5.91. The molecule has 0 unspecified atom stereocenters. The van der Waals surface area contributed by atoms with Crippen LogP contribution in [-0.4, -0.2) is 23.9 Å². The number of unbranched alkanes of at least 4 members (excludes halogenated alkanes) is 2. The van der Waals surface area contributed by atoms with E-state index in [0.29, 0.717) is 12.2 Å². The molecule has 2 nitrogen and oxygen atoms in total. The van der Waals surface area contributed by atoms with Crippen LogP contribution < -0.4 is 0 Å². The second-order valence-corrected chi connectivity index (χ2v) is 4.32. The molecule has 2 atom stereocenters. The zero-order chi connectivity index (χ0) is 10.2. The van der Waals surface area contributed by atoms with E-state index in [1.807, 2.05) is 0 Å². The van der Waals surface area contributed by atoms with Crippen LogP contribution in [0.2, 0.25) is 0 Å². The maximum atomic E-state index is 8.84. The predicted octanol–water partition coefficient (Wildman–Crippen LogP) is 2.89. The molecule has 0 aromatic heterocycles. The van der Waals surface area contributed by atoms with Crippen molar-refractivity contribution < 1.29 is 9.84 Å². The van der Waals surface area contributed by atoms with E-state index in [4.69, 9.17) is 9.84 Å². The van der Waals surface area contributed by atoms with Gasteiger partial charge in [0.15, 0.2) is 0 Å². The summed E-state index contributed by atoms with van der Waals surface area (Å²) in [5.41, 5.74) is 0. The first-order chi connectivity index (χ1) is 6.86. The molecule has 0 amide bonds. The van der Waals surface area contributed by atoms with Crippen LogP contribution >= 0.6 is 0 Å². The van der Waals surface area contributed by atoms with Crippen LogP contribution in [-0.2, 0) is 4.74 Å². The Bertz CT molecular complexity index is 134. The van der Waals surface area contributed by atoms with Gasteiger partial charge in [-0.05, 0) is 32.1 Å². The van der Waals surface area contributed by atoms with Gasteiger partial charge in [-0.3, -0.25) is 0 Å². The summed E-state index contributed by atoms with van der Waals surface area (Å²) in [5, 5.41) is 8.84. The maximum Gasteiger partial charge on any atom is 0.0600 e. The lowest BCUT2D eigenvalue weighted by molar-refractivity contribution is -0.0620. The molecule has 0 spiro atoms. The number of aliphatic hydroxyl groups is 1. The Labute approximate surface area is 87.7 Å². The van der Waals surface area contributed by atoms with Gasteiger partial charge in [0.25, 0.3) is 0 Å². The molecule has 0 radical (unpaired) electrons. The Balaban J connectivity index is 2.12. The molecular formula is C12H24O2. The van der Waals surface area contributed by atoms with Gasteiger partial charge >= 0.3 is 0 Å². The normalized spacial score (nSPS) is 27.9. The molecule has 0 aromatic carbocycles. The largest absolute Gasteiger partial charge is 0.396 e. The summed E-state index contributed by atoms with van der Waals surface area (Å²) >= 11 is 0. The van der Waals surface area contributed by atoms with E-state index in [1.54, 1.807) is 0 Å². The summed E-state index contributed by atoms with van der Waals surface area (Å²) in [6, 6.07) is 0. The highest BCUT2D eigenvalue weighted by molar-refractivity contribution is 4.70. The lowest BCUT2D eigenvalue weighted by Crippen LogP contribution is -2.28. The topological polar surface area (TPSA) is 29.5 Å². The van der Waals surface area contributed by atoms with E-state index in [9.17, 15) is 0 Å². The second-order valence-electron chi connectivity index (χ2n) is 4.32. The van der Waals surface area contributed by atoms with Gasteiger partial charge in [-0.15, -0.1) is 0 Å². The Hall–Kier alpha value is -0.0800. The Morgan fingerprint density at radius 1 is 1.14 bits per heavy atom. The fourth-order valence-corrected chi connectivity index (χ4v) is 2.17. The van der Waals surface area contributed by atoms with Crippen LogP contribution in [0.3, 0.4) is 0 Å². The molecule has 0 bridgehead atoms. The summed E-state index contributed by atoms with van der Waals surface area (Å²) in [6.07, 6.45) is 10.4. The van der Waals surface area contributed by atoms with Gasteiger partial charge in [0.1, 0.15) is 0 Å². The van der Waals surface area contributed by atoms with E-state index in [1.165, 1.54) is 38.5 Å². The summed E-state index contributed by atoms with van der Waals surface area (Å²) in [5.74, 6) is 0. The fourth-order valence-electron chi connectivity index (χ4n) is 2.17. The van der Waals surface area contributed by atoms with Crippen LogP contribution in [0.25, 0.3) is 0 Å². The van der Waals surface area contributed by atoms with Gasteiger partial charge in [0.2, 0.25) is 0 Å². The molecule has 1 rings (SSSR count). The second kappa shape index (κ2) is 7.24. The van der Waals surface area contributed by atoms with Crippen molar-refractivity contribution in [1.82, 2.24) is 0 Å². The van der Waals surface area contributed by atoms with E-state index >= 15 is 0 Å². The summed E-state index contributed by atoms with van der Waals surface area (Å²) in [7, 11) is 0. The van der Waals surface area contributed by atoms with Crippen molar-refractivity contribution in [2.24, 2.45) is 0 Å². The lowest BCUT2D eigenvalue weighted by atomic mass is 9.98. The van der Waals surface area contributed by atoms with Gasteiger partial charge in [-0.2, -0.15) is 0 Å². The van der Waals surface area contributed by atoms with Crippen molar-refractivity contribution in [3.8, 4) is 0 Å². The minimum atomic E-state index is 0.270. The van der Waals surface area contributed by atoms with E-state index < -0.39 is 0 Å². The van der Waals surface area contributed by atoms with Gasteiger partial charge in [-0.1, -0.05) is 26.2 Å². The zero-order valence-corrected chi connectivity index (χ0v) is 9.37. The van der Waals surface area contributed by atoms with E-state index in [0.717, 1.165) is 12.8 Å². The fraction of sp³-hybridized carbons (Fsp3) is 1.00. The van der Waals surface area contributed by atoms with Gasteiger partial charge in [0.05, 0.1) is 12.2 Å². The first kappa shape index (κ1) is 12.0. The van der Waals surface area contributed by atoms with Crippen LogP contribution in [0.5, 0.6) is 0 Å². The highest BCUT2D eigenvalue weighted by atomic mass is 16.5. The first-order valence-electron chi connectivity index (χ1n) is 6.13. The maximum absolute atomic E-state index is 8.84. The van der Waals surface area contributed by atoms with Gasteiger partial charge in [0, 0.05) is 6.61 Å². The number of hydrogen-bond donors (Lipinski definition) is 1. The van der Waals surface area contributed by atoms with Crippen molar-refractivity contribution in [3.05, 3.63) is 0 Å². The monoisotopic (exact) mass is 200 g/mol. The average Bonchev–Trinajstić information content (AvgIpc) is 2.19. The van der Waals surface area contributed by atoms with Crippen molar-refractivity contribution in [3.63, 3.8) is 0 Å². The minimum Gasteiger partial charge on any atom is -0.396 e. The van der Waals surface area contributed by atoms with Crippen molar-refractivity contribution >= 4 is 0 Å². The average molecular weight is 200 g/mol. The zero-order valence-electron chi connectivity index (χ0n) is 9.37. The molecule has 1 saturated heterocycles. The number of hydrogen-bond acceptors (Lipinski definition) is 2. The predicted molar refractivity (Wildman–Crippen MR) is 58.4 cm³/mol. The number of ether oxygens (including phenoxy) is 1. The van der Waals surface area contributed by atoms with Crippen LogP contribution in [0.15, 0.2) is 0 Å². The Morgan fingerprint density at radius 3 is 2.50 bits per heavy atom. The molecule has 1 aliphatic heterocycles. The van der Waals surface area contributed by atoms with Crippen LogP contribution in [0.1, 0.15) is 58.3 Å². The molecule has 0 saturated carbocycles. The molecule has 1 heterocycles. The number of aliphatic hydroxyl groups excluding tert-OH is 1. The van der Waals surface area contributed by atoms with Gasteiger partial charge in [-0.25, -0.2) is 0 Å². The number of rotatable bonds is 6. The third kappa shape index (κ3) is 4.43. The van der Waals surface area contributed by atoms with Crippen molar-refractivity contribution in [2.75, 3.05) is 6.61 Å². The molecule has 0 aromatic rings. The molecule has 0 aliphatic carbocycles. The van der Waals surface area contributed by atoms with E-state index in [-0.39, 0.29) is 6.61 Å². The van der Waals surface area contributed by atoms with Crippen LogP contribution in [0, 0.1) is 0 Å². The van der Waals surface area contributed by atoms with Gasteiger partial charge < -0.3 is 9.84 Å². The van der Waals surface area contributed by atoms with Crippen molar-refractivity contribution in [2.45, 2.75) is 70.5 Å².